The van der Waals surface area contributed by atoms with Crippen molar-refractivity contribution >= 4 is 29.0 Å². The molecule has 0 atom stereocenters. The van der Waals surface area contributed by atoms with Crippen molar-refractivity contribution in [2.45, 2.75) is 39.2 Å². The third-order valence-corrected chi connectivity index (χ3v) is 4.66. The summed E-state index contributed by atoms with van der Waals surface area (Å²) in [4.78, 5) is 14.3. The number of amides is 1. The second-order valence-corrected chi connectivity index (χ2v) is 6.54. The van der Waals surface area contributed by atoms with Gasteiger partial charge in [0.15, 0.2) is 0 Å². The van der Waals surface area contributed by atoms with E-state index in [0.29, 0.717) is 4.34 Å². The number of hydrogen-bond donors (Lipinski definition) is 1. The number of unbranched alkanes of at least 4 members (excludes halogenated alkanes) is 1. The lowest BCUT2D eigenvalue weighted by atomic mass is 9.96. The number of aromatic nitrogens is 2. The van der Waals surface area contributed by atoms with Gasteiger partial charge in [0.05, 0.1) is 0 Å². The first-order chi connectivity index (χ1) is 9.70. The van der Waals surface area contributed by atoms with Gasteiger partial charge in [-0.05, 0) is 32.4 Å². The summed E-state index contributed by atoms with van der Waals surface area (Å²) >= 11 is 7.23. The third-order valence-electron chi connectivity index (χ3n) is 3.67. The summed E-state index contributed by atoms with van der Waals surface area (Å²) < 4.78 is 4.51. The lowest BCUT2D eigenvalue weighted by Gasteiger charge is -2.30. The molecular weight excluding hydrogens is 296 g/mol. The van der Waals surface area contributed by atoms with Gasteiger partial charge in [-0.1, -0.05) is 29.4 Å². The second kappa shape index (κ2) is 7.90. The van der Waals surface area contributed by atoms with Crippen LogP contribution in [0.4, 0.5) is 0 Å². The van der Waals surface area contributed by atoms with Gasteiger partial charge in [-0.15, -0.1) is 5.10 Å². The number of rotatable bonds is 6. The van der Waals surface area contributed by atoms with E-state index in [-0.39, 0.29) is 11.8 Å². The van der Waals surface area contributed by atoms with Gasteiger partial charge in [0.1, 0.15) is 10.0 Å². The zero-order valence-corrected chi connectivity index (χ0v) is 13.3. The summed E-state index contributed by atoms with van der Waals surface area (Å²) in [6, 6.07) is 0. The zero-order chi connectivity index (χ0) is 14.4. The molecule has 1 fully saturated rings. The van der Waals surface area contributed by atoms with Crippen molar-refractivity contribution in [1.29, 1.82) is 0 Å². The second-order valence-electron chi connectivity index (χ2n) is 5.19. The molecular formula is C13H21ClN4OS. The molecule has 5 nitrogen and oxygen atoms in total. The van der Waals surface area contributed by atoms with E-state index in [0.717, 1.165) is 57.6 Å². The third kappa shape index (κ3) is 4.40. The highest BCUT2D eigenvalue weighted by atomic mass is 35.5. The molecule has 7 heteroatoms. The smallest absolute Gasteiger partial charge is 0.223 e. The number of carbonyl (C=O) groups excluding carboxylic acids is 1. The van der Waals surface area contributed by atoms with Gasteiger partial charge in [-0.2, -0.15) is 0 Å². The molecule has 1 aliphatic heterocycles. The topological polar surface area (TPSA) is 58.1 Å². The molecule has 2 heterocycles. The predicted molar refractivity (Wildman–Crippen MR) is 80.8 cm³/mol. The Bertz CT molecular complexity index is 432. The fourth-order valence-electron chi connectivity index (χ4n) is 2.39. The monoisotopic (exact) mass is 316 g/mol. The Kier molecular flexibility index (Phi) is 6.19. The van der Waals surface area contributed by atoms with Crippen LogP contribution in [0.3, 0.4) is 0 Å². The van der Waals surface area contributed by atoms with Crippen LogP contribution in [0.2, 0.25) is 4.34 Å². The Balaban J connectivity index is 1.72. The number of halogens is 1. The number of nitrogens with zero attached hydrogens (tertiary/aromatic N) is 3. The van der Waals surface area contributed by atoms with E-state index >= 15 is 0 Å². The van der Waals surface area contributed by atoms with E-state index in [2.05, 4.69) is 26.7 Å². The van der Waals surface area contributed by atoms with Crippen LogP contribution in [-0.4, -0.2) is 40.0 Å². The normalized spacial score (nSPS) is 17.3. The van der Waals surface area contributed by atoms with Crippen LogP contribution < -0.4 is 5.32 Å². The summed E-state index contributed by atoms with van der Waals surface area (Å²) in [7, 11) is 0. The molecule has 112 valence electrons. The lowest BCUT2D eigenvalue weighted by molar-refractivity contribution is -0.126. The maximum Gasteiger partial charge on any atom is 0.223 e. The first kappa shape index (κ1) is 15.7. The van der Waals surface area contributed by atoms with Crippen LogP contribution >= 0.6 is 23.1 Å². The Morgan fingerprint density at radius 1 is 1.50 bits per heavy atom. The fourth-order valence-corrected chi connectivity index (χ4v) is 3.00. The number of hydrogen-bond acceptors (Lipinski definition) is 5. The van der Waals surface area contributed by atoms with Crippen LogP contribution in [0.5, 0.6) is 0 Å². The quantitative estimate of drug-likeness (QED) is 0.818. The molecule has 1 saturated heterocycles. The number of likely N-dealkylation sites (tertiary alicyclic amines) is 1. The van der Waals surface area contributed by atoms with E-state index in [1.807, 2.05) is 0 Å². The molecule has 0 unspecified atom stereocenters. The van der Waals surface area contributed by atoms with Crippen LogP contribution in [0.1, 0.15) is 38.3 Å². The SMILES string of the molecule is CCCCNC(=O)C1CCN(Cc2nnsc2Cl)CC1. The molecule has 20 heavy (non-hydrogen) atoms. The van der Waals surface area contributed by atoms with Gasteiger partial charge >= 0.3 is 0 Å². The highest BCUT2D eigenvalue weighted by Crippen LogP contribution is 2.22. The van der Waals surface area contributed by atoms with Gasteiger partial charge in [0, 0.05) is 30.5 Å². The maximum atomic E-state index is 12.0. The molecule has 0 bridgehead atoms. The highest BCUT2D eigenvalue weighted by molar-refractivity contribution is 7.10. The van der Waals surface area contributed by atoms with E-state index in [1.54, 1.807) is 0 Å². The molecule has 0 saturated carbocycles. The van der Waals surface area contributed by atoms with Gasteiger partial charge in [-0.25, -0.2) is 0 Å². The van der Waals surface area contributed by atoms with Crippen molar-refractivity contribution in [3.63, 3.8) is 0 Å². The van der Waals surface area contributed by atoms with Crippen LogP contribution in [0.15, 0.2) is 0 Å². The van der Waals surface area contributed by atoms with Gasteiger partial charge < -0.3 is 5.32 Å². The van der Waals surface area contributed by atoms with Gasteiger partial charge in [-0.3, -0.25) is 9.69 Å². The van der Waals surface area contributed by atoms with Crippen LogP contribution in [-0.2, 0) is 11.3 Å². The molecule has 1 N–H and O–H groups in total. The molecule has 1 aromatic heterocycles. The van der Waals surface area contributed by atoms with E-state index in [4.69, 9.17) is 11.6 Å². The fraction of sp³-hybridized carbons (Fsp3) is 0.769. The molecule has 0 aromatic carbocycles. The number of carbonyl (C=O) groups is 1. The highest BCUT2D eigenvalue weighted by Gasteiger charge is 2.25. The lowest BCUT2D eigenvalue weighted by Crippen LogP contribution is -2.40. The average Bonchev–Trinajstić information content (AvgIpc) is 2.85. The first-order valence-electron chi connectivity index (χ1n) is 7.17. The Labute approximate surface area is 128 Å². The Morgan fingerprint density at radius 2 is 2.25 bits per heavy atom. The number of nitrogens with one attached hydrogen (secondary N) is 1. The van der Waals surface area contributed by atoms with Crippen molar-refractivity contribution in [2.24, 2.45) is 5.92 Å². The Morgan fingerprint density at radius 3 is 2.85 bits per heavy atom. The summed E-state index contributed by atoms with van der Waals surface area (Å²) in [6.45, 7) is 5.50. The first-order valence-corrected chi connectivity index (χ1v) is 8.32. The minimum Gasteiger partial charge on any atom is -0.356 e. The van der Waals surface area contributed by atoms with Gasteiger partial charge in [0.2, 0.25) is 5.91 Å². The van der Waals surface area contributed by atoms with Crippen molar-refractivity contribution in [3.05, 3.63) is 10.0 Å². The molecule has 1 amide bonds. The van der Waals surface area contributed by atoms with E-state index in [1.165, 1.54) is 11.5 Å². The minimum atomic E-state index is 0.159. The average molecular weight is 317 g/mol. The van der Waals surface area contributed by atoms with Crippen LogP contribution in [0, 0.1) is 5.92 Å². The van der Waals surface area contributed by atoms with Gasteiger partial charge in [0.25, 0.3) is 0 Å². The summed E-state index contributed by atoms with van der Waals surface area (Å²) in [6.07, 6.45) is 3.99. The van der Waals surface area contributed by atoms with Crippen LogP contribution in [0.25, 0.3) is 0 Å². The standard InChI is InChI=1S/C13H21ClN4OS/c1-2-3-6-15-13(19)10-4-7-18(8-5-10)9-11-12(14)20-17-16-11/h10H,2-9H2,1H3,(H,15,19). The molecule has 0 spiro atoms. The molecule has 2 rings (SSSR count). The molecule has 1 aliphatic rings. The molecule has 1 aromatic rings. The predicted octanol–water partition coefficient (Wildman–Crippen LogP) is 2.32. The van der Waals surface area contributed by atoms with E-state index < -0.39 is 0 Å². The summed E-state index contributed by atoms with van der Waals surface area (Å²) in [5.74, 6) is 0.374. The molecule has 0 aliphatic carbocycles. The number of piperidine rings is 1. The van der Waals surface area contributed by atoms with Crippen molar-refractivity contribution in [1.82, 2.24) is 19.8 Å². The Hall–Kier alpha value is -0.720. The summed E-state index contributed by atoms with van der Waals surface area (Å²) in [5.41, 5.74) is 0.850. The largest absolute Gasteiger partial charge is 0.356 e. The maximum absolute atomic E-state index is 12.0. The minimum absolute atomic E-state index is 0.159. The molecule has 0 radical (unpaired) electrons. The van der Waals surface area contributed by atoms with E-state index in [9.17, 15) is 4.79 Å². The van der Waals surface area contributed by atoms with Crippen molar-refractivity contribution in [2.75, 3.05) is 19.6 Å². The van der Waals surface area contributed by atoms with Crippen molar-refractivity contribution in [3.8, 4) is 0 Å². The summed E-state index contributed by atoms with van der Waals surface area (Å²) in [5, 5.41) is 7.05. The zero-order valence-electron chi connectivity index (χ0n) is 11.8. The van der Waals surface area contributed by atoms with Crippen molar-refractivity contribution < 1.29 is 4.79 Å².